The van der Waals surface area contributed by atoms with Gasteiger partial charge in [-0.15, -0.1) is 0 Å². The number of carbonyl (C=O) groups is 1. The fourth-order valence-electron chi connectivity index (χ4n) is 2.11. The largest absolute Gasteiger partial charge is 0.478 e. The molecule has 0 saturated carbocycles. The number of carboxylic acid groups (broad SMARTS) is 1. The number of aromatic carboxylic acids is 1. The van der Waals surface area contributed by atoms with E-state index < -0.39 is 37.9 Å². The van der Waals surface area contributed by atoms with E-state index in [2.05, 4.69) is 0 Å². The Balaban J connectivity index is 3.24. The van der Waals surface area contributed by atoms with Crippen LogP contribution in [0.1, 0.15) is 21.5 Å². The monoisotopic (exact) mass is 313 g/mol. The molecule has 0 atom stereocenters. The number of aryl methyl sites for hydroxylation is 1. The molecule has 0 fully saturated rings. The first-order chi connectivity index (χ1) is 9.55. The zero-order valence-electron chi connectivity index (χ0n) is 11.0. The van der Waals surface area contributed by atoms with E-state index >= 15 is 0 Å². The first-order valence-corrected chi connectivity index (χ1v) is 7.07. The van der Waals surface area contributed by atoms with Gasteiger partial charge in [0.25, 0.3) is 10.1 Å². The predicted octanol–water partition coefficient (Wildman–Crippen LogP) is 0.937. The molecule has 0 radical (unpaired) electrons. The summed E-state index contributed by atoms with van der Waals surface area (Å²) in [7, 11) is -4.87. The molecule has 112 valence electrons. The van der Waals surface area contributed by atoms with E-state index in [1.165, 1.54) is 13.8 Å². The number of carboxylic acids is 1. The topological polar surface area (TPSA) is 148 Å². The summed E-state index contributed by atoms with van der Waals surface area (Å²) in [6.07, 6.45) is 0. The summed E-state index contributed by atoms with van der Waals surface area (Å²) >= 11 is 0. The van der Waals surface area contributed by atoms with Gasteiger partial charge >= 0.3 is 11.6 Å². The van der Waals surface area contributed by atoms with Crippen LogP contribution >= 0.6 is 0 Å². The molecule has 1 heterocycles. The number of nitrogens with two attached hydrogens (primary N) is 1. The van der Waals surface area contributed by atoms with Crippen LogP contribution in [0.25, 0.3) is 11.0 Å². The lowest BCUT2D eigenvalue weighted by molar-refractivity contribution is 0.0694. The van der Waals surface area contributed by atoms with Crippen molar-refractivity contribution >= 4 is 32.7 Å². The lowest BCUT2D eigenvalue weighted by Gasteiger charge is -2.12. The van der Waals surface area contributed by atoms with E-state index in [9.17, 15) is 27.7 Å². The van der Waals surface area contributed by atoms with Gasteiger partial charge in [-0.1, -0.05) is 0 Å². The average molecular weight is 313 g/mol. The molecular formula is C12H11NO7S. The molecule has 4 N–H and O–H groups in total. The van der Waals surface area contributed by atoms with Crippen LogP contribution in [0.15, 0.2) is 20.2 Å². The summed E-state index contributed by atoms with van der Waals surface area (Å²) < 4.78 is 37.0. The van der Waals surface area contributed by atoms with Crippen molar-refractivity contribution in [1.29, 1.82) is 0 Å². The second-order valence-electron chi connectivity index (χ2n) is 4.46. The van der Waals surface area contributed by atoms with Crippen LogP contribution in [-0.2, 0) is 10.1 Å². The highest BCUT2D eigenvalue weighted by atomic mass is 32.2. The van der Waals surface area contributed by atoms with Gasteiger partial charge in [0, 0.05) is 17.0 Å². The minimum absolute atomic E-state index is 0.0959. The van der Waals surface area contributed by atoms with Gasteiger partial charge in [-0.2, -0.15) is 8.42 Å². The van der Waals surface area contributed by atoms with Crippen molar-refractivity contribution < 1.29 is 27.3 Å². The third-order valence-electron chi connectivity index (χ3n) is 3.19. The summed E-state index contributed by atoms with van der Waals surface area (Å²) in [6, 6.07) is 0.999. The quantitative estimate of drug-likeness (QED) is 0.421. The molecule has 0 bridgehead atoms. The summed E-state index contributed by atoms with van der Waals surface area (Å²) in [5.41, 5.74) is 3.77. The van der Waals surface area contributed by atoms with Crippen LogP contribution in [-0.4, -0.2) is 24.0 Å². The maximum absolute atomic E-state index is 11.6. The normalized spacial score (nSPS) is 11.8. The van der Waals surface area contributed by atoms with E-state index in [1.807, 2.05) is 0 Å². The molecule has 1 aromatic carbocycles. The first kappa shape index (κ1) is 15.0. The van der Waals surface area contributed by atoms with Crippen LogP contribution in [0.3, 0.4) is 0 Å². The molecule has 2 aromatic rings. The van der Waals surface area contributed by atoms with E-state index in [0.717, 1.165) is 6.07 Å². The van der Waals surface area contributed by atoms with Crippen LogP contribution in [0.2, 0.25) is 0 Å². The van der Waals surface area contributed by atoms with Crippen molar-refractivity contribution in [1.82, 2.24) is 0 Å². The molecule has 8 nitrogen and oxygen atoms in total. The number of nitrogen functional groups attached to an aromatic ring is 1. The highest BCUT2D eigenvalue weighted by Gasteiger charge is 2.28. The maximum atomic E-state index is 11.6. The number of hydrogen-bond acceptors (Lipinski definition) is 6. The Morgan fingerprint density at radius 3 is 2.33 bits per heavy atom. The van der Waals surface area contributed by atoms with Crippen molar-refractivity contribution in [3.05, 3.63) is 33.2 Å². The second-order valence-corrected chi connectivity index (χ2v) is 5.82. The smallest absolute Gasteiger partial charge is 0.339 e. The number of hydrogen-bond donors (Lipinski definition) is 3. The molecule has 0 aliphatic carbocycles. The van der Waals surface area contributed by atoms with Crippen molar-refractivity contribution in [2.24, 2.45) is 0 Å². The Labute approximate surface area is 118 Å². The van der Waals surface area contributed by atoms with E-state index in [4.69, 9.17) is 10.2 Å². The Hall–Kier alpha value is -2.39. The van der Waals surface area contributed by atoms with Gasteiger partial charge in [0.15, 0.2) is 0 Å². The standard InChI is InChI=1S/C12H11NO7S/c1-4-5(2)12(16)20-7-3-6(13)10(21(17,18)19)9(8(4)7)11(14)15/h3H,13H2,1-2H3,(H,14,15)(H,17,18,19). The second kappa shape index (κ2) is 4.57. The van der Waals surface area contributed by atoms with Crippen LogP contribution in [0.5, 0.6) is 0 Å². The minimum atomic E-state index is -4.87. The van der Waals surface area contributed by atoms with Gasteiger partial charge in [0.05, 0.1) is 11.3 Å². The molecule has 1 aromatic heterocycles. The number of rotatable bonds is 2. The van der Waals surface area contributed by atoms with Crippen molar-refractivity contribution in [3.63, 3.8) is 0 Å². The summed E-state index contributed by atoms with van der Waals surface area (Å²) in [5, 5.41) is 9.19. The van der Waals surface area contributed by atoms with Crippen LogP contribution in [0.4, 0.5) is 5.69 Å². The lowest BCUT2D eigenvalue weighted by Crippen LogP contribution is -2.15. The predicted molar refractivity (Wildman–Crippen MR) is 73.1 cm³/mol. The van der Waals surface area contributed by atoms with Crippen molar-refractivity contribution in [2.75, 3.05) is 5.73 Å². The Kier molecular flexibility index (Phi) is 3.27. The Morgan fingerprint density at radius 1 is 1.29 bits per heavy atom. The molecule has 0 amide bonds. The molecule has 2 rings (SSSR count). The summed E-state index contributed by atoms with van der Waals surface area (Å²) in [4.78, 5) is 22.1. The zero-order valence-corrected chi connectivity index (χ0v) is 11.8. The van der Waals surface area contributed by atoms with Gasteiger partial charge in [-0.05, 0) is 19.4 Å². The van der Waals surface area contributed by atoms with Crippen molar-refractivity contribution in [2.45, 2.75) is 18.7 Å². The number of fused-ring (bicyclic) bond motifs is 1. The zero-order chi connectivity index (χ0) is 16.1. The van der Waals surface area contributed by atoms with Gasteiger partial charge in [-0.3, -0.25) is 4.55 Å². The molecule has 21 heavy (non-hydrogen) atoms. The van der Waals surface area contributed by atoms with E-state index in [1.54, 1.807) is 0 Å². The Morgan fingerprint density at radius 2 is 1.86 bits per heavy atom. The van der Waals surface area contributed by atoms with Gasteiger partial charge in [0.1, 0.15) is 10.5 Å². The molecule has 0 aliphatic rings. The SMILES string of the molecule is Cc1c(C)c2c(C(=O)O)c(S(=O)(=O)O)c(N)cc2oc1=O. The fourth-order valence-corrected chi connectivity index (χ4v) is 2.92. The third-order valence-corrected chi connectivity index (χ3v) is 4.15. The molecular weight excluding hydrogens is 302 g/mol. The third kappa shape index (κ3) is 2.26. The van der Waals surface area contributed by atoms with Crippen molar-refractivity contribution in [3.8, 4) is 0 Å². The van der Waals surface area contributed by atoms with Gasteiger partial charge < -0.3 is 15.3 Å². The van der Waals surface area contributed by atoms with E-state index in [0.29, 0.717) is 0 Å². The summed E-state index contributed by atoms with van der Waals surface area (Å²) in [6.45, 7) is 2.86. The maximum Gasteiger partial charge on any atom is 0.339 e. The minimum Gasteiger partial charge on any atom is -0.478 e. The highest BCUT2D eigenvalue weighted by Crippen LogP contribution is 2.33. The number of anilines is 1. The molecule has 0 unspecified atom stereocenters. The summed E-state index contributed by atoms with van der Waals surface area (Å²) in [5.74, 6) is -1.61. The van der Waals surface area contributed by atoms with Gasteiger partial charge in [0.2, 0.25) is 0 Å². The van der Waals surface area contributed by atoms with Crippen LogP contribution < -0.4 is 11.4 Å². The van der Waals surface area contributed by atoms with Crippen LogP contribution in [0, 0.1) is 13.8 Å². The highest BCUT2D eigenvalue weighted by molar-refractivity contribution is 7.86. The number of benzene rings is 1. The Bertz CT molecular complexity index is 940. The molecule has 0 saturated heterocycles. The first-order valence-electron chi connectivity index (χ1n) is 5.63. The average Bonchev–Trinajstić information content (AvgIpc) is 2.32. The molecule has 0 aliphatic heterocycles. The van der Waals surface area contributed by atoms with E-state index in [-0.39, 0.29) is 22.1 Å². The molecule has 9 heteroatoms. The fraction of sp³-hybridized carbons (Fsp3) is 0.167. The lowest BCUT2D eigenvalue weighted by atomic mass is 10.0. The van der Waals surface area contributed by atoms with Gasteiger partial charge in [-0.25, -0.2) is 9.59 Å². The molecule has 0 spiro atoms.